The molecule has 0 spiro atoms. The van der Waals surface area contributed by atoms with E-state index in [-0.39, 0.29) is 5.91 Å². The summed E-state index contributed by atoms with van der Waals surface area (Å²) in [5, 5.41) is 2.99. The summed E-state index contributed by atoms with van der Waals surface area (Å²) >= 11 is 0. The number of hydrogen-bond acceptors (Lipinski definition) is 4. The predicted octanol–water partition coefficient (Wildman–Crippen LogP) is 3.77. The first-order valence-electron chi connectivity index (χ1n) is 8.02. The molecule has 0 fully saturated rings. The van der Waals surface area contributed by atoms with E-state index < -0.39 is 0 Å². The zero-order chi connectivity index (χ0) is 17.8. The van der Waals surface area contributed by atoms with Gasteiger partial charge in [-0.05, 0) is 19.1 Å². The molecular weight excluding hydrogens is 312 g/mol. The van der Waals surface area contributed by atoms with Gasteiger partial charge in [-0.15, -0.1) is 0 Å². The van der Waals surface area contributed by atoms with Gasteiger partial charge in [-0.3, -0.25) is 4.79 Å². The SMILES string of the molecule is Cc1ccc(C(=O)Nc2c(-c3ccccc3)ncnc2N(C)C)cc1. The maximum absolute atomic E-state index is 12.7. The van der Waals surface area contributed by atoms with Crippen molar-refractivity contribution in [2.75, 3.05) is 24.3 Å². The minimum absolute atomic E-state index is 0.185. The van der Waals surface area contributed by atoms with Crippen molar-refractivity contribution in [3.05, 3.63) is 72.1 Å². The van der Waals surface area contributed by atoms with Crippen molar-refractivity contribution >= 4 is 17.4 Å². The zero-order valence-corrected chi connectivity index (χ0v) is 14.5. The van der Waals surface area contributed by atoms with E-state index in [0.29, 0.717) is 22.8 Å². The predicted molar refractivity (Wildman–Crippen MR) is 101 cm³/mol. The van der Waals surface area contributed by atoms with Crippen molar-refractivity contribution in [3.63, 3.8) is 0 Å². The van der Waals surface area contributed by atoms with E-state index >= 15 is 0 Å². The Morgan fingerprint density at radius 1 is 0.960 bits per heavy atom. The minimum Gasteiger partial charge on any atom is -0.361 e. The van der Waals surface area contributed by atoms with Crippen LogP contribution < -0.4 is 10.2 Å². The van der Waals surface area contributed by atoms with Crippen molar-refractivity contribution in [1.29, 1.82) is 0 Å². The van der Waals surface area contributed by atoms with Crippen molar-refractivity contribution in [2.45, 2.75) is 6.92 Å². The molecule has 0 saturated heterocycles. The Morgan fingerprint density at radius 2 is 1.64 bits per heavy atom. The maximum atomic E-state index is 12.7. The van der Waals surface area contributed by atoms with Gasteiger partial charge in [0.25, 0.3) is 5.91 Å². The fourth-order valence-corrected chi connectivity index (χ4v) is 2.54. The molecule has 1 amide bonds. The molecule has 3 aromatic rings. The number of aryl methyl sites for hydroxylation is 1. The third kappa shape index (κ3) is 3.66. The third-order valence-electron chi connectivity index (χ3n) is 3.85. The van der Waals surface area contributed by atoms with Crippen molar-refractivity contribution in [1.82, 2.24) is 9.97 Å². The van der Waals surface area contributed by atoms with Crippen LogP contribution in [0.15, 0.2) is 60.9 Å². The molecule has 1 aromatic heterocycles. The highest BCUT2D eigenvalue weighted by Crippen LogP contribution is 2.32. The fourth-order valence-electron chi connectivity index (χ4n) is 2.54. The maximum Gasteiger partial charge on any atom is 0.255 e. The van der Waals surface area contributed by atoms with Gasteiger partial charge in [0.15, 0.2) is 5.82 Å². The summed E-state index contributed by atoms with van der Waals surface area (Å²) in [6, 6.07) is 17.2. The molecule has 3 rings (SSSR count). The number of benzene rings is 2. The Kier molecular flexibility index (Phi) is 4.75. The van der Waals surface area contributed by atoms with Gasteiger partial charge in [0.2, 0.25) is 0 Å². The number of rotatable bonds is 4. The third-order valence-corrected chi connectivity index (χ3v) is 3.85. The lowest BCUT2D eigenvalue weighted by Gasteiger charge is -2.19. The average Bonchev–Trinajstić information content (AvgIpc) is 2.63. The normalized spacial score (nSPS) is 10.4. The Hall–Kier alpha value is -3.21. The number of anilines is 2. The lowest BCUT2D eigenvalue weighted by molar-refractivity contribution is 0.102. The lowest BCUT2D eigenvalue weighted by atomic mass is 10.1. The second-order valence-corrected chi connectivity index (χ2v) is 6.00. The highest BCUT2D eigenvalue weighted by atomic mass is 16.1. The molecular formula is C20H20N4O. The summed E-state index contributed by atoms with van der Waals surface area (Å²) in [6.45, 7) is 1.99. The van der Waals surface area contributed by atoms with E-state index in [1.165, 1.54) is 6.33 Å². The Morgan fingerprint density at radius 3 is 2.28 bits per heavy atom. The van der Waals surface area contributed by atoms with Gasteiger partial charge in [-0.1, -0.05) is 48.0 Å². The first-order chi connectivity index (χ1) is 12.1. The molecule has 5 nitrogen and oxygen atoms in total. The molecule has 0 aliphatic rings. The summed E-state index contributed by atoms with van der Waals surface area (Å²) < 4.78 is 0. The molecule has 0 atom stereocenters. The fraction of sp³-hybridized carbons (Fsp3) is 0.150. The van der Waals surface area contributed by atoms with E-state index in [0.717, 1.165) is 11.1 Å². The van der Waals surface area contributed by atoms with Gasteiger partial charge < -0.3 is 10.2 Å². The highest BCUT2D eigenvalue weighted by Gasteiger charge is 2.17. The smallest absolute Gasteiger partial charge is 0.255 e. The summed E-state index contributed by atoms with van der Waals surface area (Å²) in [6.07, 6.45) is 1.51. The zero-order valence-electron chi connectivity index (χ0n) is 14.5. The average molecular weight is 332 g/mol. The van der Waals surface area contributed by atoms with E-state index in [1.807, 2.05) is 80.5 Å². The second kappa shape index (κ2) is 7.13. The first-order valence-corrected chi connectivity index (χ1v) is 8.02. The van der Waals surface area contributed by atoms with Crippen LogP contribution in [0.3, 0.4) is 0 Å². The summed E-state index contributed by atoms with van der Waals surface area (Å²) in [5.41, 5.74) is 3.92. The highest BCUT2D eigenvalue weighted by molar-refractivity contribution is 6.07. The Labute approximate surface area is 147 Å². The van der Waals surface area contributed by atoms with E-state index in [4.69, 9.17) is 0 Å². The number of hydrogen-bond donors (Lipinski definition) is 1. The number of carbonyl (C=O) groups is 1. The standard InChI is InChI=1S/C20H20N4O/c1-14-9-11-16(12-10-14)20(25)23-18-17(15-7-5-4-6-8-15)21-13-22-19(18)24(2)3/h4-13H,1-3H3,(H,23,25). The van der Waals surface area contributed by atoms with Crippen molar-refractivity contribution in [2.24, 2.45) is 0 Å². The van der Waals surface area contributed by atoms with E-state index in [1.54, 1.807) is 0 Å². The molecule has 2 aromatic carbocycles. The summed E-state index contributed by atoms with van der Waals surface area (Å²) in [4.78, 5) is 23.3. The molecule has 1 heterocycles. The topological polar surface area (TPSA) is 58.1 Å². The van der Waals surface area contributed by atoms with Gasteiger partial charge in [-0.2, -0.15) is 0 Å². The summed E-state index contributed by atoms with van der Waals surface area (Å²) in [7, 11) is 3.78. The molecule has 126 valence electrons. The van der Waals surface area contributed by atoms with Crippen molar-refractivity contribution < 1.29 is 4.79 Å². The molecule has 0 radical (unpaired) electrons. The largest absolute Gasteiger partial charge is 0.361 e. The number of aromatic nitrogens is 2. The van der Waals surface area contributed by atoms with Crippen LogP contribution in [0.4, 0.5) is 11.5 Å². The molecule has 0 aliphatic carbocycles. The Balaban J connectivity index is 2.04. The molecule has 5 heteroatoms. The quantitative estimate of drug-likeness (QED) is 0.790. The van der Waals surface area contributed by atoms with Crippen LogP contribution in [0.5, 0.6) is 0 Å². The molecule has 25 heavy (non-hydrogen) atoms. The van der Waals surface area contributed by atoms with Crippen LogP contribution in [-0.4, -0.2) is 30.0 Å². The van der Waals surface area contributed by atoms with Gasteiger partial charge in [0.1, 0.15) is 12.0 Å². The molecule has 0 saturated carbocycles. The molecule has 0 aliphatic heterocycles. The van der Waals surface area contributed by atoms with E-state index in [2.05, 4.69) is 15.3 Å². The van der Waals surface area contributed by atoms with Crippen LogP contribution >= 0.6 is 0 Å². The lowest BCUT2D eigenvalue weighted by Crippen LogP contribution is -2.19. The van der Waals surface area contributed by atoms with Gasteiger partial charge >= 0.3 is 0 Å². The second-order valence-electron chi connectivity index (χ2n) is 6.00. The van der Waals surface area contributed by atoms with Gasteiger partial charge in [0.05, 0.1) is 5.69 Å². The number of nitrogens with zero attached hydrogens (tertiary/aromatic N) is 3. The monoisotopic (exact) mass is 332 g/mol. The van der Waals surface area contributed by atoms with Crippen molar-refractivity contribution in [3.8, 4) is 11.3 Å². The first kappa shape index (κ1) is 16.6. The number of nitrogens with one attached hydrogen (secondary N) is 1. The molecule has 1 N–H and O–H groups in total. The minimum atomic E-state index is -0.185. The summed E-state index contributed by atoms with van der Waals surface area (Å²) in [5.74, 6) is 0.476. The number of carbonyl (C=O) groups excluding carboxylic acids is 1. The molecule has 0 unspecified atom stereocenters. The number of amides is 1. The van der Waals surface area contributed by atoms with Crippen LogP contribution in [0.2, 0.25) is 0 Å². The van der Waals surface area contributed by atoms with Crippen LogP contribution in [0.1, 0.15) is 15.9 Å². The van der Waals surface area contributed by atoms with Crippen LogP contribution in [0, 0.1) is 6.92 Å². The Bertz CT molecular complexity index is 874. The van der Waals surface area contributed by atoms with Gasteiger partial charge in [0, 0.05) is 25.2 Å². The van der Waals surface area contributed by atoms with Crippen LogP contribution in [-0.2, 0) is 0 Å². The van der Waals surface area contributed by atoms with Gasteiger partial charge in [-0.25, -0.2) is 9.97 Å². The van der Waals surface area contributed by atoms with Crippen LogP contribution in [0.25, 0.3) is 11.3 Å². The molecule has 0 bridgehead atoms. The van der Waals surface area contributed by atoms with E-state index in [9.17, 15) is 4.79 Å².